The minimum Gasteiger partial charge on any atom is -0.497 e. The molecule has 5 heteroatoms. The second kappa shape index (κ2) is 6.64. The molecule has 0 aliphatic rings. The van der Waals surface area contributed by atoms with E-state index in [0.29, 0.717) is 17.9 Å². The summed E-state index contributed by atoms with van der Waals surface area (Å²) in [5.74, 6) is 0.654. The van der Waals surface area contributed by atoms with Gasteiger partial charge in [0.25, 0.3) is 0 Å². The summed E-state index contributed by atoms with van der Waals surface area (Å²) < 4.78 is 5.05. The number of Topliss-reactive ketones (excluding diaryl/α,β-unsaturated/α-hetero) is 1. The van der Waals surface area contributed by atoms with Crippen LogP contribution in [0.15, 0.2) is 24.3 Å². The molecule has 1 atom stereocenters. The largest absolute Gasteiger partial charge is 0.497 e. The zero-order chi connectivity index (χ0) is 13.5. The molecule has 0 bridgehead atoms. The summed E-state index contributed by atoms with van der Waals surface area (Å²) in [7, 11) is 1.56. The lowest BCUT2D eigenvalue weighted by Gasteiger charge is -2.13. The number of benzene rings is 1. The van der Waals surface area contributed by atoms with Gasteiger partial charge in [0.05, 0.1) is 13.2 Å². The Morgan fingerprint density at radius 3 is 2.72 bits per heavy atom. The molecule has 5 nitrogen and oxygen atoms in total. The van der Waals surface area contributed by atoms with Crippen molar-refractivity contribution in [2.45, 2.75) is 26.3 Å². The van der Waals surface area contributed by atoms with Crippen molar-refractivity contribution >= 4 is 17.5 Å². The lowest BCUT2D eigenvalue weighted by atomic mass is 10.2. The molecule has 0 aromatic heterocycles. The van der Waals surface area contributed by atoms with Crippen molar-refractivity contribution in [2.24, 2.45) is 0 Å². The Morgan fingerprint density at radius 2 is 2.11 bits per heavy atom. The Kier molecular flexibility index (Phi) is 5.17. The molecule has 1 unspecified atom stereocenters. The van der Waals surface area contributed by atoms with E-state index < -0.39 is 12.1 Å². The lowest BCUT2D eigenvalue weighted by molar-refractivity contribution is -0.120. The Morgan fingerprint density at radius 1 is 1.39 bits per heavy atom. The monoisotopic (exact) mass is 250 g/mol. The number of amides is 2. The van der Waals surface area contributed by atoms with Crippen LogP contribution in [0.4, 0.5) is 10.5 Å². The van der Waals surface area contributed by atoms with Crippen molar-refractivity contribution < 1.29 is 14.3 Å². The second-order valence-corrected chi connectivity index (χ2v) is 3.87. The maximum atomic E-state index is 11.6. The van der Waals surface area contributed by atoms with E-state index in [-0.39, 0.29) is 5.78 Å². The predicted octanol–water partition coefficient (Wildman–Crippen LogP) is 2.18. The third-order valence-corrected chi connectivity index (χ3v) is 2.51. The van der Waals surface area contributed by atoms with Crippen molar-refractivity contribution in [2.75, 3.05) is 12.4 Å². The topological polar surface area (TPSA) is 67.4 Å². The number of hydrogen-bond donors (Lipinski definition) is 2. The van der Waals surface area contributed by atoms with Gasteiger partial charge in [0.15, 0.2) is 5.78 Å². The quantitative estimate of drug-likeness (QED) is 0.841. The molecule has 1 aromatic rings. The van der Waals surface area contributed by atoms with Crippen molar-refractivity contribution in [3.05, 3.63) is 24.3 Å². The summed E-state index contributed by atoms with van der Waals surface area (Å²) in [5.41, 5.74) is 0.614. The fourth-order valence-electron chi connectivity index (χ4n) is 1.45. The zero-order valence-electron chi connectivity index (χ0n) is 10.8. The highest BCUT2D eigenvalue weighted by atomic mass is 16.5. The number of ketones is 1. The number of carbonyl (C=O) groups excluding carboxylic acids is 2. The molecular formula is C13H18N2O3. The first-order valence-corrected chi connectivity index (χ1v) is 5.81. The third-order valence-electron chi connectivity index (χ3n) is 2.51. The SMILES string of the molecule is CCC(=O)C(C)NC(=O)Nc1cccc(OC)c1. The highest BCUT2D eigenvalue weighted by Crippen LogP contribution is 2.16. The molecule has 0 saturated carbocycles. The van der Waals surface area contributed by atoms with Gasteiger partial charge in [-0.15, -0.1) is 0 Å². The lowest BCUT2D eigenvalue weighted by Crippen LogP contribution is -2.40. The van der Waals surface area contributed by atoms with E-state index in [1.807, 2.05) is 0 Å². The fraction of sp³-hybridized carbons (Fsp3) is 0.385. The number of anilines is 1. The Hall–Kier alpha value is -2.04. The Balaban J connectivity index is 2.56. The van der Waals surface area contributed by atoms with Crippen LogP contribution >= 0.6 is 0 Å². The van der Waals surface area contributed by atoms with Gasteiger partial charge in [-0.3, -0.25) is 4.79 Å². The molecule has 0 saturated heterocycles. The van der Waals surface area contributed by atoms with Gasteiger partial charge in [-0.1, -0.05) is 13.0 Å². The van der Waals surface area contributed by atoms with Crippen LogP contribution in [-0.4, -0.2) is 25.0 Å². The summed E-state index contributed by atoms with van der Waals surface area (Å²) in [6.45, 7) is 3.43. The van der Waals surface area contributed by atoms with Gasteiger partial charge in [-0.2, -0.15) is 0 Å². The molecule has 98 valence electrons. The van der Waals surface area contributed by atoms with Crippen molar-refractivity contribution in [3.63, 3.8) is 0 Å². The van der Waals surface area contributed by atoms with Crippen LogP contribution in [0, 0.1) is 0 Å². The number of carbonyl (C=O) groups is 2. The molecule has 1 rings (SSSR count). The average Bonchev–Trinajstić information content (AvgIpc) is 2.37. The van der Waals surface area contributed by atoms with E-state index in [0.717, 1.165) is 0 Å². The van der Waals surface area contributed by atoms with Crippen LogP contribution in [-0.2, 0) is 4.79 Å². The van der Waals surface area contributed by atoms with E-state index in [9.17, 15) is 9.59 Å². The number of hydrogen-bond acceptors (Lipinski definition) is 3. The highest BCUT2D eigenvalue weighted by Gasteiger charge is 2.13. The van der Waals surface area contributed by atoms with Gasteiger partial charge in [-0.25, -0.2) is 4.79 Å². The van der Waals surface area contributed by atoms with Gasteiger partial charge in [-0.05, 0) is 19.1 Å². The molecule has 0 spiro atoms. The van der Waals surface area contributed by atoms with E-state index in [1.165, 1.54) is 0 Å². The number of ether oxygens (including phenoxy) is 1. The van der Waals surface area contributed by atoms with Gasteiger partial charge in [0, 0.05) is 18.2 Å². The van der Waals surface area contributed by atoms with Gasteiger partial charge >= 0.3 is 6.03 Å². The molecule has 0 aliphatic heterocycles. The first-order chi connectivity index (χ1) is 8.56. The maximum Gasteiger partial charge on any atom is 0.319 e. The van der Waals surface area contributed by atoms with Crippen LogP contribution in [0.5, 0.6) is 5.75 Å². The fourth-order valence-corrected chi connectivity index (χ4v) is 1.45. The van der Waals surface area contributed by atoms with Gasteiger partial charge in [0.2, 0.25) is 0 Å². The van der Waals surface area contributed by atoms with Crippen molar-refractivity contribution in [1.29, 1.82) is 0 Å². The van der Waals surface area contributed by atoms with E-state index in [4.69, 9.17) is 4.74 Å². The van der Waals surface area contributed by atoms with Crippen molar-refractivity contribution in [3.8, 4) is 5.75 Å². The van der Waals surface area contributed by atoms with Crippen LogP contribution in [0.3, 0.4) is 0 Å². The zero-order valence-corrected chi connectivity index (χ0v) is 10.8. The predicted molar refractivity (Wildman–Crippen MR) is 69.9 cm³/mol. The minimum atomic E-state index is -0.486. The second-order valence-electron chi connectivity index (χ2n) is 3.87. The summed E-state index contributed by atoms with van der Waals surface area (Å²) in [5, 5.41) is 5.22. The van der Waals surface area contributed by atoms with Gasteiger partial charge < -0.3 is 15.4 Å². The van der Waals surface area contributed by atoms with Crippen molar-refractivity contribution in [1.82, 2.24) is 5.32 Å². The number of methoxy groups -OCH3 is 1. The van der Waals surface area contributed by atoms with Crippen LogP contribution in [0.2, 0.25) is 0 Å². The summed E-state index contributed by atoms with van der Waals surface area (Å²) >= 11 is 0. The van der Waals surface area contributed by atoms with E-state index in [2.05, 4.69) is 10.6 Å². The molecule has 0 aliphatic carbocycles. The summed E-state index contributed by atoms with van der Waals surface area (Å²) in [4.78, 5) is 23.0. The van der Waals surface area contributed by atoms with Gasteiger partial charge in [0.1, 0.15) is 5.75 Å². The smallest absolute Gasteiger partial charge is 0.319 e. The Bertz CT molecular complexity index is 432. The molecular weight excluding hydrogens is 232 g/mol. The Labute approximate surface area is 107 Å². The summed E-state index contributed by atoms with van der Waals surface area (Å²) in [6.07, 6.45) is 0.403. The normalized spacial score (nSPS) is 11.5. The first-order valence-electron chi connectivity index (χ1n) is 5.81. The molecule has 2 N–H and O–H groups in total. The maximum absolute atomic E-state index is 11.6. The first kappa shape index (κ1) is 14.0. The van der Waals surface area contributed by atoms with E-state index in [1.54, 1.807) is 45.2 Å². The standard InChI is InChI=1S/C13H18N2O3/c1-4-12(16)9(2)14-13(17)15-10-6-5-7-11(8-10)18-3/h5-9H,4H2,1-3H3,(H2,14,15,17). The molecule has 0 heterocycles. The summed E-state index contributed by atoms with van der Waals surface area (Å²) in [6, 6.07) is 6.11. The molecule has 0 radical (unpaired) electrons. The highest BCUT2D eigenvalue weighted by molar-refractivity contribution is 5.94. The average molecular weight is 250 g/mol. The van der Waals surface area contributed by atoms with Crippen LogP contribution in [0.1, 0.15) is 20.3 Å². The molecule has 1 aromatic carbocycles. The number of urea groups is 1. The molecule has 18 heavy (non-hydrogen) atoms. The van der Waals surface area contributed by atoms with Crippen LogP contribution in [0.25, 0.3) is 0 Å². The molecule has 2 amide bonds. The van der Waals surface area contributed by atoms with Crippen LogP contribution < -0.4 is 15.4 Å². The number of rotatable bonds is 5. The molecule has 0 fully saturated rings. The van der Waals surface area contributed by atoms with E-state index >= 15 is 0 Å². The minimum absolute atomic E-state index is 0.00390. The number of nitrogens with one attached hydrogen (secondary N) is 2. The third kappa shape index (κ3) is 4.08.